The van der Waals surface area contributed by atoms with Crippen LogP contribution in [0.25, 0.3) is 0 Å². The minimum absolute atomic E-state index is 0.0153. The van der Waals surface area contributed by atoms with Crippen molar-refractivity contribution in [2.24, 2.45) is 0 Å². The fraction of sp³-hybridized carbons (Fsp3) is 0.467. The molecule has 0 unspecified atom stereocenters. The van der Waals surface area contributed by atoms with E-state index in [-0.39, 0.29) is 13.0 Å². The predicted molar refractivity (Wildman–Crippen MR) is 80.6 cm³/mol. The average molecular weight is 294 g/mol. The predicted octanol–water partition coefficient (Wildman–Crippen LogP) is 1.10. The number of anilines is 1. The molecule has 21 heavy (non-hydrogen) atoms. The van der Waals surface area contributed by atoms with Crippen LogP contribution in [0.1, 0.15) is 30.6 Å². The summed E-state index contributed by atoms with van der Waals surface area (Å²) >= 11 is 0. The first-order valence-corrected chi connectivity index (χ1v) is 7.03. The van der Waals surface area contributed by atoms with Gasteiger partial charge in [-0.05, 0) is 38.1 Å². The van der Waals surface area contributed by atoms with E-state index in [4.69, 9.17) is 10.2 Å². The van der Waals surface area contributed by atoms with Crippen molar-refractivity contribution < 1.29 is 19.8 Å². The molecule has 0 heterocycles. The Labute approximate surface area is 124 Å². The molecular formula is C15H22N2O4. The number of carbonyl (C=O) groups is 2. The van der Waals surface area contributed by atoms with Gasteiger partial charge in [-0.15, -0.1) is 0 Å². The highest BCUT2D eigenvalue weighted by Gasteiger charge is 2.20. The first-order valence-electron chi connectivity index (χ1n) is 7.03. The summed E-state index contributed by atoms with van der Waals surface area (Å²) in [7, 11) is 0. The van der Waals surface area contributed by atoms with Crippen molar-refractivity contribution in [3.05, 3.63) is 29.8 Å². The van der Waals surface area contributed by atoms with E-state index in [1.807, 2.05) is 12.1 Å². The summed E-state index contributed by atoms with van der Waals surface area (Å²) in [6, 6.07) is 5.93. The van der Waals surface area contributed by atoms with E-state index >= 15 is 0 Å². The Kier molecular flexibility index (Phi) is 6.68. The number of aliphatic hydroxyl groups excluding tert-OH is 1. The molecule has 116 valence electrons. The molecule has 0 aliphatic heterocycles. The van der Waals surface area contributed by atoms with E-state index in [0.29, 0.717) is 5.56 Å². The zero-order valence-corrected chi connectivity index (χ0v) is 12.4. The molecule has 1 aromatic rings. The van der Waals surface area contributed by atoms with Crippen LogP contribution in [0, 0.1) is 0 Å². The minimum atomic E-state index is -1.16. The Hall–Kier alpha value is -2.08. The molecule has 0 aromatic heterocycles. The molecule has 6 nitrogen and oxygen atoms in total. The van der Waals surface area contributed by atoms with Gasteiger partial charge in [0.25, 0.3) is 5.91 Å². The number of benzene rings is 1. The van der Waals surface area contributed by atoms with Crippen LogP contribution in [0.5, 0.6) is 0 Å². The topological polar surface area (TPSA) is 89.9 Å². The van der Waals surface area contributed by atoms with Crippen molar-refractivity contribution in [3.63, 3.8) is 0 Å². The second kappa shape index (κ2) is 8.26. The summed E-state index contributed by atoms with van der Waals surface area (Å²) in [6.07, 6.45) is -0.0153. The van der Waals surface area contributed by atoms with Crippen LogP contribution in [0.2, 0.25) is 0 Å². The minimum Gasteiger partial charge on any atom is -0.480 e. The summed E-state index contributed by atoms with van der Waals surface area (Å²) in [5, 5.41) is 20.1. The molecule has 1 amide bonds. The third-order valence-electron chi connectivity index (χ3n) is 3.28. The zero-order chi connectivity index (χ0) is 15.8. The molecule has 0 spiro atoms. The van der Waals surface area contributed by atoms with Crippen LogP contribution in [0.15, 0.2) is 24.3 Å². The van der Waals surface area contributed by atoms with Crippen LogP contribution in [-0.2, 0) is 4.79 Å². The van der Waals surface area contributed by atoms with Crippen LogP contribution in [0.3, 0.4) is 0 Å². The fourth-order valence-electron chi connectivity index (χ4n) is 2.04. The lowest BCUT2D eigenvalue weighted by atomic mass is 10.1. The van der Waals surface area contributed by atoms with Crippen LogP contribution in [0.4, 0.5) is 5.69 Å². The van der Waals surface area contributed by atoms with Crippen LogP contribution < -0.4 is 10.2 Å². The van der Waals surface area contributed by atoms with Gasteiger partial charge in [-0.3, -0.25) is 4.79 Å². The van der Waals surface area contributed by atoms with Crippen LogP contribution >= 0.6 is 0 Å². The lowest BCUT2D eigenvalue weighted by Crippen LogP contribution is -2.41. The molecule has 6 heteroatoms. The van der Waals surface area contributed by atoms with Crippen molar-refractivity contribution in [2.45, 2.75) is 26.3 Å². The van der Waals surface area contributed by atoms with Gasteiger partial charge in [-0.2, -0.15) is 0 Å². The van der Waals surface area contributed by atoms with Gasteiger partial charge in [-0.25, -0.2) is 4.79 Å². The second-order valence-electron chi connectivity index (χ2n) is 4.60. The maximum atomic E-state index is 12.0. The summed E-state index contributed by atoms with van der Waals surface area (Å²) in [6.45, 7) is 5.56. The van der Waals surface area contributed by atoms with E-state index in [1.165, 1.54) is 0 Å². The lowest BCUT2D eigenvalue weighted by molar-refractivity contribution is -0.139. The molecule has 1 atom stereocenters. The molecule has 3 N–H and O–H groups in total. The van der Waals surface area contributed by atoms with Gasteiger partial charge in [-0.1, -0.05) is 0 Å². The van der Waals surface area contributed by atoms with Crippen LogP contribution in [-0.4, -0.2) is 47.8 Å². The summed E-state index contributed by atoms with van der Waals surface area (Å²) in [5.74, 6) is -1.61. The van der Waals surface area contributed by atoms with Crippen molar-refractivity contribution in [1.29, 1.82) is 0 Å². The van der Waals surface area contributed by atoms with E-state index in [1.54, 1.807) is 12.1 Å². The molecule has 0 aliphatic rings. The highest BCUT2D eigenvalue weighted by atomic mass is 16.4. The Morgan fingerprint density at radius 1 is 1.19 bits per heavy atom. The number of aliphatic hydroxyl groups is 1. The highest BCUT2D eigenvalue weighted by molar-refractivity contribution is 5.96. The van der Waals surface area contributed by atoms with Crippen molar-refractivity contribution in [2.75, 3.05) is 24.6 Å². The van der Waals surface area contributed by atoms with Gasteiger partial charge in [0.2, 0.25) is 0 Å². The van der Waals surface area contributed by atoms with E-state index in [9.17, 15) is 9.59 Å². The fourth-order valence-corrected chi connectivity index (χ4v) is 2.04. The number of nitrogens with zero attached hydrogens (tertiary/aromatic N) is 1. The monoisotopic (exact) mass is 294 g/mol. The number of carboxylic acids is 1. The Morgan fingerprint density at radius 2 is 1.76 bits per heavy atom. The second-order valence-corrected chi connectivity index (χ2v) is 4.60. The number of aliphatic carboxylic acids is 1. The summed E-state index contributed by atoms with van der Waals surface area (Å²) in [4.78, 5) is 25.1. The smallest absolute Gasteiger partial charge is 0.326 e. The third-order valence-corrected chi connectivity index (χ3v) is 3.28. The maximum Gasteiger partial charge on any atom is 0.326 e. The molecule has 0 saturated heterocycles. The number of hydrogen-bond acceptors (Lipinski definition) is 4. The van der Waals surface area contributed by atoms with Gasteiger partial charge < -0.3 is 20.4 Å². The molecule has 1 rings (SSSR count). The SMILES string of the molecule is CCN(CC)c1ccc(C(=O)N[C@H](CCO)C(=O)O)cc1. The number of carboxylic acid groups (broad SMARTS) is 1. The molecule has 0 aliphatic carbocycles. The Bertz CT molecular complexity index is 469. The molecular weight excluding hydrogens is 272 g/mol. The van der Waals surface area contributed by atoms with Gasteiger partial charge in [0, 0.05) is 37.4 Å². The molecule has 1 aromatic carbocycles. The molecule has 0 radical (unpaired) electrons. The number of amides is 1. The van der Waals surface area contributed by atoms with E-state index in [0.717, 1.165) is 18.8 Å². The quantitative estimate of drug-likeness (QED) is 0.668. The molecule has 0 bridgehead atoms. The van der Waals surface area contributed by atoms with Crippen molar-refractivity contribution in [1.82, 2.24) is 5.32 Å². The highest BCUT2D eigenvalue weighted by Crippen LogP contribution is 2.15. The standard InChI is InChI=1S/C15H22N2O4/c1-3-17(4-2)12-7-5-11(6-8-12)14(19)16-13(9-10-18)15(20)21/h5-8,13,18H,3-4,9-10H2,1-2H3,(H,16,19)(H,20,21)/t13-/m1/s1. The number of carbonyl (C=O) groups excluding carboxylic acids is 1. The van der Waals surface area contributed by atoms with E-state index in [2.05, 4.69) is 24.1 Å². The third kappa shape index (κ3) is 4.75. The number of nitrogens with one attached hydrogen (secondary N) is 1. The zero-order valence-electron chi connectivity index (χ0n) is 12.4. The van der Waals surface area contributed by atoms with Gasteiger partial charge in [0.1, 0.15) is 6.04 Å². The Morgan fingerprint density at radius 3 is 2.19 bits per heavy atom. The van der Waals surface area contributed by atoms with E-state index < -0.39 is 17.9 Å². The summed E-state index contributed by atoms with van der Waals surface area (Å²) in [5.41, 5.74) is 1.41. The van der Waals surface area contributed by atoms with Gasteiger partial charge in [0.15, 0.2) is 0 Å². The largest absolute Gasteiger partial charge is 0.480 e. The van der Waals surface area contributed by atoms with Gasteiger partial charge >= 0.3 is 5.97 Å². The first-order chi connectivity index (χ1) is 10.0. The van der Waals surface area contributed by atoms with Crippen molar-refractivity contribution in [3.8, 4) is 0 Å². The van der Waals surface area contributed by atoms with Gasteiger partial charge in [0.05, 0.1) is 0 Å². The normalized spacial score (nSPS) is 11.8. The average Bonchev–Trinajstić information content (AvgIpc) is 2.48. The number of rotatable bonds is 8. The first kappa shape index (κ1) is 17.0. The Balaban J connectivity index is 2.77. The number of hydrogen-bond donors (Lipinski definition) is 3. The van der Waals surface area contributed by atoms with Crippen molar-refractivity contribution >= 4 is 17.6 Å². The summed E-state index contributed by atoms with van der Waals surface area (Å²) < 4.78 is 0. The maximum absolute atomic E-state index is 12.0. The molecule has 0 saturated carbocycles. The lowest BCUT2D eigenvalue weighted by Gasteiger charge is -2.21. The molecule has 0 fully saturated rings.